The minimum absolute atomic E-state index is 0.0754. The molecule has 2 rings (SSSR count). The number of halogens is 1. The first-order chi connectivity index (χ1) is 7.11. The molecule has 0 radical (unpaired) electrons. The van der Waals surface area contributed by atoms with Gasteiger partial charge in [-0.2, -0.15) is 0 Å². The summed E-state index contributed by atoms with van der Waals surface area (Å²) in [6.07, 6.45) is 0. The molecule has 0 bridgehead atoms. The van der Waals surface area contributed by atoms with E-state index in [-0.39, 0.29) is 11.3 Å². The highest BCUT2D eigenvalue weighted by atomic mass is 32.2. The van der Waals surface area contributed by atoms with Crippen LogP contribution in [0.2, 0.25) is 0 Å². The Hall–Kier alpha value is -0.940. The van der Waals surface area contributed by atoms with Gasteiger partial charge in [-0.1, -0.05) is 18.2 Å². The summed E-state index contributed by atoms with van der Waals surface area (Å²) >= 11 is 0. The maximum atomic E-state index is 13.4. The van der Waals surface area contributed by atoms with Crippen LogP contribution in [0.4, 0.5) is 4.39 Å². The van der Waals surface area contributed by atoms with E-state index < -0.39 is 20.9 Å². The molecule has 1 heterocycles. The number of benzene rings is 1. The van der Waals surface area contributed by atoms with Gasteiger partial charge in [0.2, 0.25) is 0 Å². The molecule has 15 heavy (non-hydrogen) atoms. The fourth-order valence-corrected chi connectivity index (χ4v) is 3.42. The molecular weight excluding hydrogens is 217 g/mol. The van der Waals surface area contributed by atoms with E-state index in [0.717, 1.165) is 0 Å². The molecule has 0 amide bonds. The van der Waals surface area contributed by atoms with Gasteiger partial charge in [0.1, 0.15) is 11.1 Å². The lowest BCUT2D eigenvalue weighted by Gasteiger charge is -2.23. The molecule has 1 aromatic rings. The quantitative estimate of drug-likeness (QED) is 0.777. The van der Waals surface area contributed by atoms with Crippen LogP contribution in [0.25, 0.3) is 0 Å². The standard InChI is InChI=1S/C10H12FNO2S/c11-9-4-2-1-3-8(9)10-7-12-5-6-15(10,13)14/h1-4,10,12H,5-7H2. The molecular formula is C10H12FNO2S. The molecule has 1 aliphatic heterocycles. The van der Waals surface area contributed by atoms with Crippen molar-refractivity contribution < 1.29 is 12.8 Å². The minimum Gasteiger partial charge on any atom is -0.314 e. The Bertz CT molecular complexity index is 458. The van der Waals surface area contributed by atoms with Crippen molar-refractivity contribution in [3.63, 3.8) is 0 Å². The van der Waals surface area contributed by atoms with E-state index in [1.165, 1.54) is 12.1 Å². The highest BCUT2D eigenvalue weighted by Crippen LogP contribution is 2.26. The van der Waals surface area contributed by atoms with E-state index in [4.69, 9.17) is 0 Å². The lowest BCUT2D eigenvalue weighted by atomic mass is 10.1. The van der Waals surface area contributed by atoms with Gasteiger partial charge in [0.05, 0.1) is 5.75 Å². The molecule has 0 spiro atoms. The second-order valence-corrected chi connectivity index (χ2v) is 5.88. The third-order valence-electron chi connectivity index (χ3n) is 2.58. The first kappa shape index (κ1) is 10.6. The Kier molecular flexibility index (Phi) is 2.75. The third-order valence-corrected chi connectivity index (χ3v) is 4.64. The molecule has 82 valence electrons. The normalized spacial score (nSPS) is 25.0. The monoisotopic (exact) mass is 229 g/mol. The average Bonchev–Trinajstić information content (AvgIpc) is 2.19. The van der Waals surface area contributed by atoms with Crippen LogP contribution in [0.3, 0.4) is 0 Å². The molecule has 1 aromatic carbocycles. The zero-order valence-corrected chi connectivity index (χ0v) is 8.93. The first-order valence-corrected chi connectivity index (χ1v) is 6.49. The van der Waals surface area contributed by atoms with Gasteiger partial charge in [-0.25, -0.2) is 12.8 Å². The van der Waals surface area contributed by atoms with Crippen LogP contribution in [0.1, 0.15) is 10.8 Å². The van der Waals surface area contributed by atoms with Crippen LogP contribution < -0.4 is 5.32 Å². The van der Waals surface area contributed by atoms with Gasteiger partial charge in [-0.05, 0) is 6.07 Å². The van der Waals surface area contributed by atoms with Gasteiger partial charge in [-0.3, -0.25) is 0 Å². The van der Waals surface area contributed by atoms with Gasteiger partial charge in [0, 0.05) is 18.7 Å². The largest absolute Gasteiger partial charge is 0.314 e. The molecule has 5 heteroatoms. The molecule has 3 nitrogen and oxygen atoms in total. The minimum atomic E-state index is -3.20. The summed E-state index contributed by atoms with van der Waals surface area (Å²) in [4.78, 5) is 0. The maximum absolute atomic E-state index is 13.4. The van der Waals surface area contributed by atoms with Crippen molar-refractivity contribution in [2.24, 2.45) is 0 Å². The van der Waals surface area contributed by atoms with Gasteiger partial charge in [0.25, 0.3) is 0 Å². The van der Waals surface area contributed by atoms with Gasteiger partial charge in [0.15, 0.2) is 9.84 Å². The predicted octanol–water partition coefficient (Wildman–Crippen LogP) is 0.885. The van der Waals surface area contributed by atoms with E-state index in [1.54, 1.807) is 12.1 Å². The van der Waals surface area contributed by atoms with Crippen molar-refractivity contribution in [1.29, 1.82) is 0 Å². The van der Waals surface area contributed by atoms with Gasteiger partial charge >= 0.3 is 0 Å². The summed E-state index contributed by atoms with van der Waals surface area (Å²) in [5.74, 6) is -0.374. The highest BCUT2D eigenvalue weighted by Gasteiger charge is 2.31. The summed E-state index contributed by atoms with van der Waals surface area (Å²) in [7, 11) is -3.20. The van der Waals surface area contributed by atoms with Crippen molar-refractivity contribution >= 4 is 9.84 Å². The van der Waals surface area contributed by atoms with Gasteiger partial charge < -0.3 is 5.32 Å². The molecule has 0 aliphatic carbocycles. The van der Waals surface area contributed by atoms with Crippen LogP contribution in [0.15, 0.2) is 24.3 Å². The lowest BCUT2D eigenvalue weighted by Crippen LogP contribution is -2.39. The number of rotatable bonds is 1. The number of hydrogen-bond acceptors (Lipinski definition) is 3. The van der Waals surface area contributed by atoms with Crippen LogP contribution >= 0.6 is 0 Å². The van der Waals surface area contributed by atoms with Crippen LogP contribution in [0.5, 0.6) is 0 Å². The third kappa shape index (κ3) is 2.03. The highest BCUT2D eigenvalue weighted by molar-refractivity contribution is 7.91. The summed E-state index contributed by atoms with van der Waals surface area (Å²) in [5.41, 5.74) is 0.268. The predicted molar refractivity (Wildman–Crippen MR) is 55.8 cm³/mol. The summed E-state index contributed by atoms with van der Waals surface area (Å²) in [6.45, 7) is 0.747. The zero-order valence-electron chi connectivity index (χ0n) is 8.11. The molecule has 1 aliphatic rings. The SMILES string of the molecule is O=S1(=O)CCNCC1c1ccccc1F. The molecule has 1 saturated heterocycles. The van der Waals surface area contributed by atoms with E-state index in [9.17, 15) is 12.8 Å². The maximum Gasteiger partial charge on any atom is 0.159 e. The fraction of sp³-hybridized carbons (Fsp3) is 0.400. The Labute approximate surface area is 88.2 Å². The number of nitrogens with one attached hydrogen (secondary N) is 1. The van der Waals surface area contributed by atoms with Crippen molar-refractivity contribution in [3.8, 4) is 0 Å². The second kappa shape index (κ2) is 3.90. The van der Waals surface area contributed by atoms with Crippen LogP contribution in [-0.4, -0.2) is 27.3 Å². The van der Waals surface area contributed by atoms with Crippen LogP contribution in [-0.2, 0) is 9.84 Å². The lowest BCUT2D eigenvalue weighted by molar-refractivity contribution is 0.537. The fourth-order valence-electron chi connectivity index (χ4n) is 1.76. The molecule has 0 saturated carbocycles. The molecule has 1 fully saturated rings. The average molecular weight is 229 g/mol. The molecule has 1 unspecified atom stereocenters. The van der Waals surface area contributed by atoms with E-state index in [2.05, 4.69) is 5.32 Å². The first-order valence-electron chi connectivity index (χ1n) is 4.78. The van der Waals surface area contributed by atoms with E-state index >= 15 is 0 Å². The van der Waals surface area contributed by atoms with E-state index in [0.29, 0.717) is 13.1 Å². The Morgan fingerprint density at radius 2 is 2.07 bits per heavy atom. The van der Waals surface area contributed by atoms with Gasteiger partial charge in [-0.15, -0.1) is 0 Å². The summed E-state index contributed by atoms with van der Waals surface area (Å²) in [5, 5.41) is 2.23. The molecule has 0 aromatic heterocycles. The molecule has 1 atom stereocenters. The zero-order chi connectivity index (χ0) is 10.9. The summed E-state index contributed by atoms with van der Waals surface area (Å²) in [6, 6.07) is 6.04. The van der Waals surface area contributed by atoms with Crippen LogP contribution in [0, 0.1) is 5.82 Å². The summed E-state index contributed by atoms with van der Waals surface area (Å²) < 4.78 is 36.9. The van der Waals surface area contributed by atoms with Crippen molar-refractivity contribution in [3.05, 3.63) is 35.6 Å². The number of sulfone groups is 1. The Balaban J connectivity index is 2.42. The van der Waals surface area contributed by atoms with Crippen molar-refractivity contribution in [1.82, 2.24) is 5.32 Å². The number of hydrogen-bond donors (Lipinski definition) is 1. The van der Waals surface area contributed by atoms with Crippen molar-refractivity contribution in [2.75, 3.05) is 18.8 Å². The second-order valence-electron chi connectivity index (χ2n) is 3.58. The Morgan fingerprint density at radius 1 is 1.33 bits per heavy atom. The molecule has 1 N–H and O–H groups in total. The van der Waals surface area contributed by atoms with Crippen molar-refractivity contribution in [2.45, 2.75) is 5.25 Å². The topological polar surface area (TPSA) is 46.2 Å². The van der Waals surface area contributed by atoms with E-state index in [1.807, 2.05) is 0 Å². The smallest absolute Gasteiger partial charge is 0.159 e. The Morgan fingerprint density at radius 3 is 2.73 bits per heavy atom.